The number of hydrogen-bond acceptors (Lipinski definition) is 8. The lowest BCUT2D eigenvalue weighted by molar-refractivity contribution is -0.184. The second-order valence-electron chi connectivity index (χ2n) is 7.89. The number of nitrogens with two attached hydrogens (primary N) is 1. The third-order valence-electron chi connectivity index (χ3n) is 5.71. The molecule has 10 heteroatoms. The summed E-state index contributed by atoms with van der Waals surface area (Å²) in [6.07, 6.45) is -0.773. The fourth-order valence-corrected chi connectivity index (χ4v) is 5.77. The maximum atomic E-state index is 13.6. The molecule has 34 heavy (non-hydrogen) atoms. The highest BCUT2D eigenvalue weighted by molar-refractivity contribution is 7.86. The molecule has 0 bridgehead atoms. The summed E-state index contributed by atoms with van der Waals surface area (Å²) in [5.74, 6) is -2.26. The number of fused-ring (bicyclic) bond motifs is 1. The number of amides is 1. The van der Waals surface area contributed by atoms with E-state index in [4.69, 9.17) is 19.9 Å². The number of rotatable bonds is 7. The average molecular weight is 485 g/mol. The first-order valence-electron chi connectivity index (χ1n) is 10.5. The van der Waals surface area contributed by atoms with E-state index in [1.165, 1.54) is 14.0 Å². The van der Waals surface area contributed by atoms with Gasteiger partial charge in [-0.2, -0.15) is 0 Å². The van der Waals surface area contributed by atoms with Crippen LogP contribution in [0.2, 0.25) is 0 Å². The van der Waals surface area contributed by atoms with Gasteiger partial charge in [-0.15, -0.1) is 0 Å². The molecule has 0 aromatic heterocycles. The molecule has 9 nitrogen and oxygen atoms in total. The number of nitrogens with zero attached hydrogens (tertiary/aromatic N) is 1. The summed E-state index contributed by atoms with van der Waals surface area (Å²) in [6, 6.07) is 18.3. The Morgan fingerprint density at radius 1 is 1.12 bits per heavy atom. The van der Waals surface area contributed by atoms with E-state index in [2.05, 4.69) is 0 Å². The van der Waals surface area contributed by atoms with Gasteiger partial charge >= 0.3 is 11.9 Å². The van der Waals surface area contributed by atoms with Crippen molar-refractivity contribution in [3.63, 3.8) is 0 Å². The van der Waals surface area contributed by atoms with Crippen LogP contribution in [0.15, 0.2) is 71.9 Å². The Labute approximate surface area is 198 Å². The molecule has 0 saturated carbocycles. The smallest absolute Gasteiger partial charge is 0.356 e. The summed E-state index contributed by atoms with van der Waals surface area (Å²) in [5, 5.41) is -1.07. The van der Waals surface area contributed by atoms with Crippen LogP contribution in [-0.4, -0.2) is 57.5 Å². The molecule has 2 aromatic carbocycles. The summed E-state index contributed by atoms with van der Waals surface area (Å²) in [6.45, 7) is 0.903. The van der Waals surface area contributed by atoms with Gasteiger partial charge in [0.25, 0.3) is 5.91 Å². The normalized spacial score (nSPS) is 23.9. The molecule has 178 valence electrons. The summed E-state index contributed by atoms with van der Waals surface area (Å²) < 4.78 is 29.0. The molecule has 2 aromatic rings. The van der Waals surface area contributed by atoms with Gasteiger partial charge in [0, 0.05) is 19.6 Å². The summed E-state index contributed by atoms with van der Waals surface area (Å²) in [5.41, 5.74) is 5.74. The average Bonchev–Trinajstić information content (AvgIpc) is 2.85. The molecule has 3 atom stereocenters. The predicted octanol–water partition coefficient (Wildman–Crippen LogP) is 1.37. The minimum atomic E-state index is -1.82. The van der Waals surface area contributed by atoms with Gasteiger partial charge in [0.15, 0.2) is 11.5 Å². The monoisotopic (exact) mass is 484 g/mol. The van der Waals surface area contributed by atoms with Gasteiger partial charge in [-0.1, -0.05) is 60.7 Å². The zero-order chi connectivity index (χ0) is 24.5. The molecule has 0 aliphatic carbocycles. The molecular formula is C24H24N2O7S. The Bertz CT molecular complexity index is 1130. The number of esters is 2. The van der Waals surface area contributed by atoms with E-state index in [1.807, 2.05) is 60.7 Å². The Kier molecular flexibility index (Phi) is 6.65. The molecule has 0 spiro atoms. The number of carbonyl (C=O) groups excluding carboxylic acids is 3. The molecule has 1 amide bonds. The molecule has 2 aliphatic heterocycles. The Morgan fingerprint density at radius 2 is 1.68 bits per heavy atom. The van der Waals surface area contributed by atoms with Crippen LogP contribution in [-0.2, 0) is 39.4 Å². The van der Waals surface area contributed by atoms with Crippen LogP contribution in [0.4, 0.5) is 0 Å². The standard InChI is InChI=1S/C24H24N2O7S/c1-15(27)32-13-18-14-34(30)23-24(25,31-2)22(29)26(23)19(18)21(28)33-20(16-9-5-3-6-10-16)17-11-7-4-8-12-17/h3-12,20,23H,13-14,25H2,1-2H3/t23-,24+,34?/m1/s1. The fourth-order valence-electron chi connectivity index (χ4n) is 4.02. The third kappa shape index (κ3) is 4.15. The molecule has 1 saturated heterocycles. The Hall–Kier alpha value is -3.34. The maximum Gasteiger partial charge on any atom is 0.356 e. The molecular weight excluding hydrogens is 460 g/mol. The summed E-state index contributed by atoms with van der Waals surface area (Å²) in [7, 11) is -0.447. The van der Waals surface area contributed by atoms with Crippen molar-refractivity contribution in [1.82, 2.24) is 4.90 Å². The van der Waals surface area contributed by atoms with E-state index in [9.17, 15) is 18.6 Å². The van der Waals surface area contributed by atoms with Crippen molar-refractivity contribution in [3.8, 4) is 0 Å². The SMILES string of the molecule is CO[C@@]1(N)C(=O)N2C(C(=O)OC(c3ccccc3)c3ccccc3)=C(COC(C)=O)CS(=O)[C@@H]21. The number of benzene rings is 2. The molecule has 2 N–H and O–H groups in total. The number of hydrogen-bond donors (Lipinski definition) is 1. The van der Waals surface area contributed by atoms with Gasteiger partial charge in [-0.3, -0.25) is 24.4 Å². The van der Waals surface area contributed by atoms with Crippen molar-refractivity contribution in [1.29, 1.82) is 0 Å². The van der Waals surface area contributed by atoms with E-state index in [-0.39, 0.29) is 23.6 Å². The highest BCUT2D eigenvalue weighted by atomic mass is 32.2. The first kappa shape index (κ1) is 23.8. The van der Waals surface area contributed by atoms with E-state index in [0.717, 1.165) is 16.0 Å². The number of carbonyl (C=O) groups is 3. The minimum Gasteiger partial charge on any atom is -0.461 e. The zero-order valence-corrected chi connectivity index (χ0v) is 19.4. The van der Waals surface area contributed by atoms with Gasteiger partial charge in [0.05, 0.1) is 16.6 Å². The second kappa shape index (κ2) is 9.49. The van der Waals surface area contributed by atoms with Crippen LogP contribution in [0.3, 0.4) is 0 Å². The lowest BCUT2D eigenvalue weighted by Crippen LogP contribution is -2.81. The lowest BCUT2D eigenvalue weighted by Gasteiger charge is -2.53. The van der Waals surface area contributed by atoms with Crippen molar-refractivity contribution in [3.05, 3.63) is 83.1 Å². The van der Waals surface area contributed by atoms with Crippen molar-refractivity contribution in [2.45, 2.75) is 24.1 Å². The van der Waals surface area contributed by atoms with Gasteiger partial charge in [-0.25, -0.2) is 4.79 Å². The summed E-state index contributed by atoms with van der Waals surface area (Å²) >= 11 is 0. The molecule has 1 unspecified atom stereocenters. The van der Waals surface area contributed by atoms with E-state index in [1.54, 1.807) is 0 Å². The van der Waals surface area contributed by atoms with E-state index in [0.29, 0.717) is 0 Å². The van der Waals surface area contributed by atoms with E-state index >= 15 is 0 Å². The highest BCUT2D eigenvalue weighted by Gasteiger charge is 2.66. The van der Waals surface area contributed by atoms with Crippen molar-refractivity contribution < 1.29 is 32.8 Å². The Morgan fingerprint density at radius 3 is 2.18 bits per heavy atom. The van der Waals surface area contributed by atoms with E-state index < -0.39 is 45.8 Å². The van der Waals surface area contributed by atoms with Crippen LogP contribution in [0.5, 0.6) is 0 Å². The van der Waals surface area contributed by atoms with Crippen LogP contribution < -0.4 is 5.73 Å². The molecule has 2 heterocycles. The zero-order valence-electron chi connectivity index (χ0n) is 18.6. The lowest BCUT2D eigenvalue weighted by atomic mass is 9.99. The van der Waals surface area contributed by atoms with Crippen LogP contribution in [0.1, 0.15) is 24.2 Å². The third-order valence-corrected chi connectivity index (χ3v) is 7.40. The second-order valence-corrected chi connectivity index (χ2v) is 9.39. The minimum absolute atomic E-state index is 0.129. The topological polar surface area (TPSA) is 125 Å². The number of ether oxygens (including phenoxy) is 3. The van der Waals surface area contributed by atoms with Crippen LogP contribution in [0.25, 0.3) is 0 Å². The maximum absolute atomic E-state index is 13.6. The molecule has 1 fully saturated rings. The van der Waals surface area contributed by atoms with Crippen molar-refractivity contribution in [2.75, 3.05) is 19.5 Å². The highest BCUT2D eigenvalue weighted by Crippen LogP contribution is 2.41. The fraction of sp³-hybridized carbons (Fsp3) is 0.292. The van der Waals surface area contributed by atoms with Crippen molar-refractivity contribution >= 4 is 28.6 Å². The van der Waals surface area contributed by atoms with Gasteiger partial charge in [0.1, 0.15) is 12.3 Å². The van der Waals surface area contributed by atoms with Crippen LogP contribution in [0, 0.1) is 0 Å². The van der Waals surface area contributed by atoms with Crippen molar-refractivity contribution in [2.24, 2.45) is 5.73 Å². The Balaban J connectivity index is 1.74. The van der Waals surface area contributed by atoms with Gasteiger partial charge in [-0.05, 0) is 11.1 Å². The first-order chi connectivity index (χ1) is 16.3. The number of β-lactam (4-membered cyclic amide) rings is 1. The molecule has 2 aliphatic rings. The van der Waals surface area contributed by atoms with Gasteiger partial charge in [0.2, 0.25) is 5.72 Å². The predicted molar refractivity (Wildman–Crippen MR) is 122 cm³/mol. The number of methoxy groups -OCH3 is 1. The van der Waals surface area contributed by atoms with Gasteiger partial charge < -0.3 is 14.2 Å². The first-order valence-corrected chi connectivity index (χ1v) is 11.9. The molecule has 0 radical (unpaired) electrons. The quantitative estimate of drug-likeness (QED) is 0.355. The molecule has 4 rings (SSSR count). The van der Waals surface area contributed by atoms with Crippen LogP contribution >= 0.6 is 0 Å². The summed E-state index contributed by atoms with van der Waals surface area (Å²) in [4.78, 5) is 38.9. The largest absolute Gasteiger partial charge is 0.461 e.